The van der Waals surface area contributed by atoms with Gasteiger partial charge in [-0.3, -0.25) is 9.78 Å². The van der Waals surface area contributed by atoms with Crippen molar-refractivity contribution in [3.05, 3.63) is 48.3 Å². The Labute approximate surface area is 158 Å². The van der Waals surface area contributed by atoms with Gasteiger partial charge in [0.05, 0.1) is 6.04 Å². The smallest absolute Gasteiger partial charge is 0.221 e. The zero-order valence-electron chi connectivity index (χ0n) is 15.1. The van der Waals surface area contributed by atoms with E-state index in [4.69, 9.17) is 9.47 Å². The van der Waals surface area contributed by atoms with Crippen molar-refractivity contribution in [3.63, 3.8) is 0 Å². The zero-order chi connectivity index (χ0) is 18.4. The molecule has 26 heavy (non-hydrogen) atoms. The monoisotopic (exact) mass is 372 g/mol. The lowest BCUT2D eigenvalue weighted by atomic mass is 9.97. The van der Waals surface area contributed by atoms with Crippen molar-refractivity contribution in [1.82, 2.24) is 10.3 Å². The Hall–Kier alpha value is -2.21. The number of nitrogens with zero attached hydrogens (tertiary/aromatic N) is 1. The molecule has 1 N–H and O–H groups in total. The predicted molar refractivity (Wildman–Crippen MR) is 103 cm³/mol. The molecule has 0 aliphatic carbocycles. The third-order valence-electron chi connectivity index (χ3n) is 4.14. The highest BCUT2D eigenvalue weighted by Gasteiger charge is 2.18. The third-order valence-corrected chi connectivity index (χ3v) is 5.13. The molecule has 0 spiro atoms. The van der Waals surface area contributed by atoms with E-state index in [0.29, 0.717) is 31.3 Å². The Morgan fingerprint density at radius 1 is 1.23 bits per heavy atom. The molecule has 0 saturated heterocycles. The molecule has 0 unspecified atom stereocenters. The number of carbonyl (C=O) groups excluding carboxylic acids is 1. The van der Waals surface area contributed by atoms with Gasteiger partial charge < -0.3 is 14.8 Å². The molecular weight excluding hydrogens is 348 g/mol. The van der Waals surface area contributed by atoms with Crippen LogP contribution in [0.4, 0.5) is 0 Å². The minimum atomic E-state index is -0.0181. The summed E-state index contributed by atoms with van der Waals surface area (Å²) in [5.74, 6) is 2.63. The van der Waals surface area contributed by atoms with Gasteiger partial charge in [-0.25, -0.2) is 0 Å². The molecule has 2 aromatic rings. The largest absolute Gasteiger partial charge is 0.486 e. The minimum Gasteiger partial charge on any atom is -0.486 e. The van der Waals surface area contributed by atoms with Crippen LogP contribution in [0.15, 0.2) is 47.6 Å². The summed E-state index contributed by atoms with van der Waals surface area (Å²) in [5.41, 5.74) is 1.04. The first-order valence-corrected chi connectivity index (χ1v) is 9.84. The number of aromatic nitrogens is 1. The lowest BCUT2D eigenvalue weighted by molar-refractivity contribution is -0.121. The maximum Gasteiger partial charge on any atom is 0.221 e. The number of fused-ring (bicyclic) bond motifs is 1. The average molecular weight is 372 g/mol. The number of nitrogens with one attached hydrogen (secondary N) is 1. The van der Waals surface area contributed by atoms with Gasteiger partial charge in [0.1, 0.15) is 13.2 Å². The molecule has 5 nitrogen and oxygen atoms in total. The van der Waals surface area contributed by atoms with Crippen molar-refractivity contribution in [1.29, 1.82) is 0 Å². The van der Waals surface area contributed by atoms with Crippen molar-refractivity contribution in [2.24, 2.45) is 5.92 Å². The van der Waals surface area contributed by atoms with Crippen LogP contribution in [0.2, 0.25) is 0 Å². The number of rotatable bonds is 7. The summed E-state index contributed by atoms with van der Waals surface area (Å²) in [7, 11) is 0. The molecule has 1 aromatic carbocycles. The number of amides is 1. The molecule has 0 saturated carbocycles. The van der Waals surface area contributed by atoms with Gasteiger partial charge in [-0.15, -0.1) is 11.8 Å². The SMILES string of the molecule is CC(C)[C@@H](NC(=O)CCSc1ccc2c(c1)OCCO2)c1cccnc1. The summed E-state index contributed by atoms with van der Waals surface area (Å²) < 4.78 is 11.1. The van der Waals surface area contributed by atoms with Crippen LogP contribution >= 0.6 is 11.8 Å². The first-order valence-electron chi connectivity index (χ1n) is 8.85. The molecule has 6 heteroatoms. The number of thioether (sulfide) groups is 1. The number of hydrogen-bond acceptors (Lipinski definition) is 5. The molecule has 0 radical (unpaired) electrons. The normalized spacial score (nSPS) is 14.1. The van der Waals surface area contributed by atoms with Crippen LogP contribution in [0, 0.1) is 5.92 Å². The first kappa shape index (κ1) is 18.6. The van der Waals surface area contributed by atoms with E-state index in [2.05, 4.69) is 24.1 Å². The molecule has 1 aliphatic heterocycles. The van der Waals surface area contributed by atoms with E-state index in [1.165, 1.54) is 0 Å². The van der Waals surface area contributed by atoms with Gasteiger partial charge in [-0.2, -0.15) is 0 Å². The summed E-state index contributed by atoms with van der Waals surface area (Å²) in [6.45, 7) is 5.37. The van der Waals surface area contributed by atoms with E-state index in [1.54, 1.807) is 18.0 Å². The topological polar surface area (TPSA) is 60.5 Å². The van der Waals surface area contributed by atoms with Crippen LogP contribution in [0.5, 0.6) is 11.5 Å². The summed E-state index contributed by atoms with van der Waals surface area (Å²) in [6, 6.07) is 9.78. The van der Waals surface area contributed by atoms with E-state index < -0.39 is 0 Å². The number of pyridine rings is 1. The second-order valence-corrected chi connectivity index (χ2v) is 7.65. The fourth-order valence-electron chi connectivity index (χ4n) is 2.82. The predicted octanol–water partition coefficient (Wildman–Crippen LogP) is 3.85. The number of ether oxygens (including phenoxy) is 2. The third kappa shape index (κ3) is 4.91. The highest BCUT2D eigenvalue weighted by Crippen LogP contribution is 2.34. The van der Waals surface area contributed by atoms with E-state index in [9.17, 15) is 4.79 Å². The van der Waals surface area contributed by atoms with Crippen LogP contribution in [0.25, 0.3) is 0 Å². The Balaban J connectivity index is 1.50. The number of benzene rings is 1. The van der Waals surface area contributed by atoms with Gasteiger partial charge in [-0.05, 0) is 35.7 Å². The summed E-state index contributed by atoms with van der Waals surface area (Å²) in [6.07, 6.45) is 4.02. The van der Waals surface area contributed by atoms with Gasteiger partial charge in [-0.1, -0.05) is 19.9 Å². The molecule has 0 fully saturated rings. The van der Waals surface area contributed by atoms with Crippen LogP contribution in [-0.2, 0) is 4.79 Å². The summed E-state index contributed by atoms with van der Waals surface area (Å²) in [5, 5.41) is 3.13. The second kappa shape index (κ2) is 8.94. The fraction of sp³-hybridized carbons (Fsp3) is 0.400. The Morgan fingerprint density at radius 3 is 2.77 bits per heavy atom. The molecular formula is C20H24N2O3S. The average Bonchev–Trinajstić information content (AvgIpc) is 2.66. The van der Waals surface area contributed by atoms with E-state index in [1.807, 2.05) is 36.5 Å². The van der Waals surface area contributed by atoms with Crippen molar-refractivity contribution in [3.8, 4) is 11.5 Å². The number of carbonyl (C=O) groups is 1. The molecule has 1 aliphatic rings. The maximum atomic E-state index is 12.4. The Kier molecular flexibility index (Phi) is 6.39. The maximum absolute atomic E-state index is 12.4. The van der Waals surface area contributed by atoms with E-state index in [0.717, 1.165) is 22.0 Å². The van der Waals surface area contributed by atoms with Crippen LogP contribution in [0.3, 0.4) is 0 Å². The van der Waals surface area contributed by atoms with E-state index in [-0.39, 0.29) is 11.9 Å². The van der Waals surface area contributed by atoms with Crippen molar-refractivity contribution in [2.75, 3.05) is 19.0 Å². The van der Waals surface area contributed by atoms with Gasteiger partial charge in [0.25, 0.3) is 0 Å². The van der Waals surface area contributed by atoms with Crippen molar-refractivity contribution < 1.29 is 14.3 Å². The quantitative estimate of drug-likeness (QED) is 0.748. The standard InChI is InChI=1S/C20H24N2O3S/c1-14(2)20(15-4-3-8-21-13-15)22-19(23)7-11-26-16-5-6-17-18(12-16)25-10-9-24-17/h3-6,8,12-14,20H,7,9-11H2,1-2H3,(H,22,23)/t20-/m1/s1. The fourth-order valence-corrected chi connectivity index (χ4v) is 3.69. The van der Waals surface area contributed by atoms with Gasteiger partial charge >= 0.3 is 0 Å². The van der Waals surface area contributed by atoms with Crippen LogP contribution in [0.1, 0.15) is 31.9 Å². The molecule has 2 heterocycles. The lowest BCUT2D eigenvalue weighted by Gasteiger charge is -2.22. The lowest BCUT2D eigenvalue weighted by Crippen LogP contribution is -2.32. The van der Waals surface area contributed by atoms with Crippen LogP contribution < -0.4 is 14.8 Å². The molecule has 1 atom stereocenters. The molecule has 1 aromatic heterocycles. The van der Waals surface area contributed by atoms with Gasteiger partial charge in [0.2, 0.25) is 5.91 Å². The second-order valence-electron chi connectivity index (χ2n) is 6.48. The van der Waals surface area contributed by atoms with Gasteiger partial charge in [0.15, 0.2) is 11.5 Å². The zero-order valence-corrected chi connectivity index (χ0v) is 15.9. The van der Waals surface area contributed by atoms with E-state index >= 15 is 0 Å². The molecule has 3 rings (SSSR count). The minimum absolute atomic E-state index is 0.0181. The highest BCUT2D eigenvalue weighted by molar-refractivity contribution is 7.99. The summed E-state index contributed by atoms with van der Waals surface area (Å²) in [4.78, 5) is 17.6. The van der Waals surface area contributed by atoms with Crippen molar-refractivity contribution >= 4 is 17.7 Å². The Bertz CT molecular complexity index is 737. The van der Waals surface area contributed by atoms with Crippen molar-refractivity contribution in [2.45, 2.75) is 31.2 Å². The Morgan fingerprint density at radius 2 is 2.04 bits per heavy atom. The highest BCUT2D eigenvalue weighted by atomic mass is 32.2. The molecule has 138 valence electrons. The van der Waals surface area contributed by atoms with Crippen LogP contribution in [-0.4, -0.2) is 29.9 Å². The molecule has 1 amide bonds. The number of hydrogen-bond donors (Lipinski definition) is 1. The van der Waals surface area contributed by atoms with Gasteiger partial charge in [0, 0.05) is 29.5 Å². The first-order chi connectivity index (χ1) is 12.6. The molecule has 0 bridgehead atoms. The summed E-state index contributed by atoms with van der Waals surface area (Å²) >= 11 is 1.64.